The third-order valence-electron chi connectivity index (χ3n) is 0.398. The van der Waals surface area contributed by atoms with Gasteiger partial charge in [0.1, 0.15) is 0 Å². The molecule has 0 saturated heterocycles. The van der Waals surface area contributed by atoms with Gasteiger partial charge < -0.3 is 5.32 Å². The van der Waals surface area contributed by atoms with Crippen molar-refractivity contribution >= 4 is 11.6 Å². The highest BCUT2D eigenvalue weighted by Crippen LogP contribution is 1.80. The van der Waals surface area contributed by atoms with Gasteiger partial charge >= 0.3 is 0 Å². The number of hydrogen-bond donors (Lipinski definition) is 1. The quantitative estimate of drug-likeness (QED) is 0.373. The highest BCUT2D eigenvalue weighted by atomic mass is 35.5. The van der Waals surface area contributed by atoms with Crippen LogP contribution in [-0.2, 0) is 0 Å². The van der Waals surface area contributed by atoms with Gasteiger partial charge in [0.25, 0.3) is 0 Å². The van der Waals surface area contributed by atoms with Crippen LogP contribution in [0.3, 0.4) is 0 Å². The van der Waals surface area contributed by atoms with Crippen molar-refractivity contribution in [2.45, 2.75) is 12.4 Å². The molecule has 0 aliphatic heterocycles. The zero-order valence-corrected chi connectivity index (χ0v) is 4.21. The SMILES string of the molecule is CNC(C)Cl. The van der Waals surface area contributed by atoms with Gasteiger partial charge in [0.2, 0.25) is 0 Å². The summed E-state index contributed by atoms with van der Waals surface area (Å²) in [6.45, 7) is 1.88. The summed E-state index contributed by atoms with van der Waals surface area (Å²) in [7, 11) is 1.82. The molecule has 5 heavy (non-hydrogen) atoms. The highest BCUT2D eigenvalue weighted by molar-refractivity contribution is 6.20. The Balaban J connectivity index is 2.54. The van der Waals surface area contributed by atoms with Gasteiger partial charge in [-0.25, -0.2) is 0 Å². The van der Waals surface area contributed by atoms with Crippen LogP contribution in [0, 0.1) is 0 Å². The molecule has 0 amide bonds. The molecule has 0 rings (SSSR count). The molecule has 1 nitrogen and oxygen atoms in total. The lowest BCUT2D eigenvalue weighted by Gasteiger charge is -1.92. The first-order valence-corrected chi connectivity index (χ1v) is 2.02. The Bertz CT molecular complexity index is 20.9. The first-order chi connectivity index (χ1) is 2.27. The molecule has 0 radical (unpaired) electrons. The molecule has 1 atom stereocenters. The van der Waals surface area contributed by atoms with E-state index in [0.29, 0.717) is 0 Å². The summed E-state index contributed by atoms with van der Waals surface area (Å²) in [4.78, 5) is 0. The Kier molecular flexibility index (Phi) is 2.61. The summed E-state index contributed by atoms with van der Waals surface area (Å²) >= 11 is 5.35. The summed E-state index contributed by atoms with van der Waals surface area (Å²) in [6.07, 6.45) is 0. The molecular weight excluding hydrogens is 85.5 g/mol. The Labute approximate surface area is 37.3 Å². The number of rotatable bonds is 1. The Morgan fingerprint density at radius 1 is 1.80 bits per heavy atom. The molecular formula is C3H8ClN. The van der Waals surface area contributed by atoms with Crippen LogP contribution in [0.4, 0.5) is 0 Å². The fraction of sp³-hybridized carbons (Fsp3) is 1.00. The molecule has 0 aliphatic rings. The standard InChI is InChI=1S/C3H8ClN/c1-3(4)5-2/h3,5H,1-2H3. The normalized spacial score (nSPS) is 15.0. The Morgan fingerprint density at radius 3 is 2.00 bits per heavy atom. The van der Waals surface area contributed by atoms with Crippen molar-refractivity contribution in [3.8, 4) is 0 Å². The van der Waals surface area contributed by atoms with Crippen molar-refractivity contribution in [3.05, 3.63) is 0 Å². The maximum atomic E-state index is 5.35. The maximum absolute atomic E-state index is 5.35. The number of alkyl halides is 1. The lowest BCUT2D eigenvalue weighted by atomic mass is 10.8. The molecule has 2 heteroatoms. The van der Waals surface area contributed by atoms with E-state index in [9.17, 15) is 0 Å². The lowest BCUT2D eigenvalue weighted by molar-refractivity contribution is 0.796. The fourth-order valence-electron chi connectivity index (χ4n) is 0. The minimum absolute atomic E-state index is 0.106. The second-order valence-electron chi connectivity index (χ2n) is 0.905. The van der Waals surface area contributed by atoms with Crippen LogP contribution in [0.5, 0.6) is 0 Å². The average Bonchev–Trinajstić information content (AvgIpc) is 1.38. The molecule has 0 fully saturated rings. The molecule has 32 valence electrons. The van der Waals surface area contributed by atoms with Crippen LogP contribution in [0.2, 0.25) is 0 Å². The zero-order valence-electron chi connectivity index (χ0n) is 3.46. The summed E-state index contributed by atoms with van der Waals surface area (Å²) in [5.41, 5.74) is 0.106. The summed E-state index contributed by atoms with van der Waals surface area (Å²) in [5, 5.41) is 2.79. The van der Waals surface area contributed by atoms with Crippen molar-refractivity contribution < 1.29 is 0 Å². The second kappa shape index (κ2) is 2.49. The molecule has 0 aromatic heterocycles. The molecule has 0 spiro atoms. The van der Waals surface area contributed by atoms with E-state index in [1.165, 1.54) is 0 Å². The van der Waals surface area contributed by atoms with Gasteiger partial charge in [0.05, 0.1) is 5.50 Å². The van der Waals surface area contributed by atoms with Gasteiger partial charge in [-0.05, 0) is 14.0 Å². The monoisotopic (exact) mass is 93.0 g/mol. The minimum atomic E-state index is 0.106. The topological polar surface area (TPSA) is 12.0 Å². The Hall–Kier alpha value is 0.250. The third-order valence-corrected chi connectivity index (χ3v) is 0.616. The van der Waals surface area contributed by atoms with Crippen molar-refractivity contribution in [3.63, 3.8) is 0 Å². The molecule has 0 aromatic rings. The summed E-state index contributed by atoms with van der Waals surface area (Å²) < 4.78 is 0. The zero-order chi connectivity index (χ0) is 4.28. The van der Waals surface area contributed by atoms with Crippen LogP contribution in [-0.4, -0.2) is 12.5 Å². The number of halogens is 1. The van der Waals surface area contributed by atoms with Crippen LogP contribution < -0.4 is 5.32 Å². The third kappa shape index (κ3) is 4.25. The highest BCUT2D eigenvalue weighted by Gasteiger charge is 1.80. The van der Waals surface area contributed by atoms with Crippen LogP contribution in [0.1, 0.15) is 6.92 Å². The maximum Gasteiger partial charge on any atom is 0.0794 e. The predicted molar refractivity (Wildman–Crippen MR) is 24.4 cm³/mol. The van der Waals surface area contributed by atoms with E-state index < -0.39 is 0 Å². The summed E-state index contributed by atoms with van der Waals surface area (Å²) in [5.74, 6) is 0. The number of nitrogens with one attached hydrogen (secondary N) is 1. The second-order valence-corrected chi connectivity index (χ2v) is 1.56. The van der Waals surface area contributed by atoms with Gasteiger partial charge in [0.15, 0.2) is 0 Å². The fourth-order valence-corrected chi connectivity index (χ4v) is 0. The predicted octanol–water partition coefficient (Wildman–Crippen LogP) is 0.791. The van der Waals surface area contributed by atoms with Crippen molar-refractivity contribution in [2.75, 3.05) is 7.05 Å². The smallest absolute Gasteiger partial charge is 0.0794 e. The van der Waals surface area contributed by atoms with Gasteiger partial charge in [-0.1, -0.05) is 0 Å². The average molecular weight is 93.6 g/mol. The van der Waals surface area contributed by atoms with Crippen molar-refractivity contribution in [2.24, 2.45) is 0 Å². The van der Waals surface area contributed by atoms with E-state index in [1.807, 2.05) is 14.0 Å². The van der Waals surface area contributed by atoms with E-state index in [0.717, 1.165) is 0 Å². The van der Waals surface area contributed by atoms with Gasteiger partial charge in [-0.3, -0.25) is 0 Å². The Morgan fingerprint density at radius 2 is 2.00 bits per heavy atom. The largest absolute Gasteiger partial charge is 0.305 e. The van der Waals surface area contributed by atoms with Crippen LogP contribution in [0.25, 0.3) is 0 Å². The van der Waals surface area contributed by atoms with E-state index in [4.69, 9.17) is 11.6 Å². The van der Waals surface area contributed by atoms with Gasteiger partial charge in [-0.2, -0.15) is 0 Å². The molecule has 0 aliphatic carbocycles. The first-order valence-electron chi connectivity index (χ1n) is 1.58. The molecule has 0 aromatic carbocycles. The van der Waals surface area contributed by atoms with Gasteiger partial charge in [-0.15, -0.1) is 11.6 Å². The molecule has 0 saturated carbocycles. The lowest BCUT2D eigenvalue weighted by Crippen LogP contribution is -2.12. The van der Waals surface area contributed by atoms with E-state index >= 15 is 0 Å². The molecule has 0 bridgehead atoms. The van der Waals surface area contributed by atoms with Crippen molar-refractivity contribution in [1.82, 2.24) is 5.32 Å². The van der Waals surface area contributed by atoms with E-state index in [2.05, 4.69) is 5.32 Å². The minimum Gasteiger partial charge on any atom is -0.305 e. The number of hydrogen-bond acceptors (Lipinski definition) is 1. The molecule has 1 unspecified atom stereocenters. The van der Waals surface area contributed by atoms with Crippen LogP contribution in [0.15, 0.2) is 0 Å². The molecule has 0 heterocycles. The van der Waals surface area contributed by atoms with E-state index in [-0.39, 0.29) is 5.50 Å². The summed E-state index contributed by atoms with van der Waals surface area (Å²) in [6, 6.07) is 0. The van der Waals surface area contributed by atoms with Gasteiger partial charge in [0, 0.05) is 0 Å². The van der Waals surface area contributed by atoms with E-state index in [1.54, 1.807) is 0 Å². The van der Waals surface area contributed by atoms with Crippen LogP contribution >= 0.6 is 11.6 Å². The molecule has 1 N–H and O–H groups in total. The van der Waals surface area contributed by atoms with Crippen molar-refractivity contribution in [1.29, 1.82) is 0 Å². The first kappa shape index (κ1) is 5.25.